The Morgan fingerprint density at radius 3 is 2.60 bits per heavy atom. The Hall–Kier alpha value is -2.14. The van der Waals surface area contributed by atoms with Crippen LogP contribution in [0.3, 0.4) is 0 Å². The zero-order chi connectivity index (χ0) is 14.1. The van der Waals surface area contributed by atoms with E-state index in [4.69, 9.17) is 16.3 Å². The molecule has 0 saturated heterocycles. The number of halogens is 1. The quantitative estimate of drug-likeness (QED) is 0.743. The van der Waals surface area contributed by atoms with Crippen molar-refractivity contribution in [3.05, 3.63) is 41.3 Å². The summed E-state index contributed by atoms with van der Waals surface area (Å²) in [5, 5.41) is 13.0. The first kappa shape index (κ1) is 12.9. The summed E-state index contributed by atoms with van der Waals surface area (Å²) in [4.78, 5) is 0. The molecule has 0 aliphatic rings. The molecule has 20 heavy (non-hydrogen) atoms. The lowest BCUT2D eigenvalue weighted by Crippen LogP contribution is -1.99. The Morgan fingerprint density at radius 1 is 1.20 bits per heavy atom. The topological polar surface area (TPSA) is 52.3 Å². The summed E-state index contributed by atoms with van der Waals surface area (Å²) < 4.78 is 6.82. The van der Waals surface area contributed by atoms with Gasteiger partial charge in [0.05, 0.1) is 7.11 Å². The maximum atomic E-state index is 6.28. The van der Waals surface area contributed by atoms with Crippen LogP contribution in [0.4, 0.5) is 0 Å². The predicted octanol–water partition coefficient (Wildman–Crippen LogP) is 3.02. The molecular weight excluding hydrogens is 276 g/mol. The van der Waals surface area contributed by atoms with E-state index >= 15 is 0 Å². The van der Waals surface area contributed by atoms with Gasteiger partial charge in [-0.05, 0) is 23.8 Å². The molecule has 3 aromatic rings. The van der Waals surface area contributed by atoms with Crippen LogP contribution in [0.1, 0.15) is 12.7 Å². The largest absolute Gasteiger partial charge is 0.497 e. The first-order valence-electron chi connectivity index (χ1n) is 6.28. The molecule has 0 aliphatic carbocycles. The molecule has 2 aromatic heterocycles. The van der Waals surface area contributed by atoms with Gasteiger partial charge in [0, 0.05) is 12.0 Å². The van der Waals surface area contributed by atoms with Crippen LogP contribution in [0, 0.1) is 0 Å². The Kier molecular flexibility index (Phi) is 3.28. The van der Waals surface area contributed by atoms with E-state index in [2.05, 4.69) is 15.3 Å². The van der Waals surface area contributed by atoms with Crippen LogP contribution in [0.15, 0.2) is 30.3 Å². The van der Waals surface area contributed by atoms with Crippen LogP contribution in [0.25, 0.3) is 16.8 Å². The van der Waals surface area contributed by atoms with Crippen molar-refractivity contribution >= 4 is 17.2 Å². The number of benzene rings is 1. The number of aromatic nitrogens is 4. The van der Waals surface area contributed by atoms with Gasteiger partial charge in [-0.3, -0.25) is 0 Å². The summed E-state index contributed by atoms with van der Waals surface area (Å²) in [6, 6.07) is 9.54. The average Bonchev–Trinajstić information content (AvgIpc) is 2.88. The number of rotatable bonds is 3. The van der Waals surface area contributed by atoms with Crippen molar-refractivity contribution < 1.29 is 4.74 Å². The SMILES string of the molecule is CCc1nnc2cc(-c3ccc(OC)cc3)c(Cl)nn12. The zero-order valence-corrected chi connectivity index (χ0v) is 11.9. The first-order chi connectivity index (χ1) is 9.72. The minimum atomic E-state index is 0.428. The fourth-order valence-corrected chi connectivity index (χ4v) is 2.29. The third kappa shape index (κ3) is 2.10. The van der Waals surface area contributed by atoms with Crippen LogP contribution in [0.2, 0.25) is 5.15 Å². The van der Waals surface area contributed by atoms with Crippen LogP contribution in [0.5, 0.6) is 5.75 Å². The third-order valence-corrected chi connectivity index (χ3v) is 3.41. The van der Waals surface area contributed by atoms with Gasteiger partial charge < -0.3 is 4.74 Å². The maximum absolute atomic E-state index is 6.28. The molecule has 0 amide bonds. The molecule has 0 spiro atoms. The molecule has 1 aromatic carbocycles. The monoisotopic (exact) mass is 288 g/mol. The Balaban J connectivity index is 2.12. The summed E-state index contributed by atoms with van der Waals surface area (Å²) in [5.74, 6) is 1.60. The van der Waals surface area contributed by atoms with Crippen molar-refractivity contribution in [2.45, 2.75) is 13.3 Å². The van der Waals surface area contributed by atoms with Gasteiger partial charge in [-0.15, -0.1) is 10.2 Å². The van der Waals surface area contributed by atoms with Crippen molar-refractivity contribution in [1.82, 2.24) is 19.8 Å². The van der Waals surface area contributed by atoms with Crippen LogP contribution < -0.4 is 4.74 Å². The van der Waals surface area contributed by atoms with Gasteiger partial charge in [-0.25, -0.2) is 0 Å². The van der Waals surface area contributed by atoms with E-state index < -0.39 is 0 Å². The van der Waals surface area contributed by atoms with Crippen molar-refractivity contribution in [1.29, 1.82) is 0 Å². The molecule has 0 N–H and O–H groups in total. The first-order valence-corrected chi connectivity index (χ1v) is 6.66. The van der Waals surface area contributed by atoms with Gasteiger partial charge >= 0.3 is 0 Å². The molecule has 0 aliphatic heterocycles. The lowest BCUT2D eigenvalue weighted by Gasteiger charge is -2.06. The highest BCUT2D eigenvalue weighted by Crippen LogP contribution is 2.28. The van der Waals surface area contributed by atoms with Crippen LogP contribution in [-0.2, 0) is 6.42 Å². The fourth-order valence-electron chi connectivity index (χ4n) is 2.05. The van der Waals surface area contributed by atoms with Gasteiger partial charge in [-0.2, -0.15) is 9.61 Å². The second kappa shape index (κ2) is 5.09. The van der Waals surface area contributed by atoms with E-state index in [0.29, 0.717) is 10.8 Å². The standard InChI is InChI=1S/C14H13ClN4O/c1-3-12-16-17-13-8-11(14(15)18-19(12)13)9-4-6-10(20-2)7-5-9/h4-8H,3H2,1-2H3. The van der Waals surface area contributed by atoms with E-state index in [1.807, 2.05) is 37.3 Å². The van der Waals surface area contributed by atoms with E-state index in [1.165, 1.54) is 0 Å². The number of hydrogen-bond donors (Lipinski definition) is 0. The van der Waals surface area contributed by atoms with E-state index in [-0.39, 0.29) is 0 Å². The number of nitrogens with zero attached hydrogens (tertiary/aromatic N) is 4. The van der Waals surface area contributed by atoms with Crippen molar-refractivity contribution in [3.63, 3.8) is 0 Å². The molecule has 5 nitrogen and oxygen atoms in total. The lowest BCUT2D eigenvalue weighted by molar-refractivity contribution is 0.415. The molecule has 3 rings (SSSR count). The van der Waals surface area contributed by atoms with Gasteiger partial charge in [0.1, 0.15) is 5.75 Å². The number of ether oxygens (including phenoxy) is 1. The summed E-state index contributed by atoms with van der Waals surface area (Å²) in [7, 11) is 1.64. The van der Waals surface area contributed by atoms with Crippen LogP contribution >= 0.6 is 11.6 Å². The summed E-state index contributed by atoms with van der Waals surface area (Å²) >= 11 is 6.28. The Labute approximate surface area is 121 Å². The summed E-state index contributed by atoms with van der Waals surface area (Å²) in [6.45, 7) is 2.00. The highest BCUT2D eigenvalue weighted by molar-refractivity contribution is 6.32. The Morgan fingerprint density at radius 2 is 1.95 bits per heavy atom. The van der Waals surface area contributed by atoms with Crippen molar-refractivity contribution in [2.75, 3.05) is 7.11 Å². The van der Waals surface area contributed by atoms with E-state index in [9.17, 15) is 0 Å². The molecule has 102 valence electrons. The van der Waals surface area contributed by atoms with Gasteiger partial charge in [0.2, 0.25) is 0 Å². The lowest BCUT2D eigenvalue weighted by atomic mass is 10.1. The number of hydrogen-bond acceptors (Lipinski definition) is 4. The van der Waals surface area contributed by atoms with Gasteiger partial charge in [0.25, 0.3) is 0 Å². The Bertz CT molecular complexity index is 752. The maximum Gasteiger partial charge on any atom is 0.178 e. The van der Waals surface area contributed by atoms with Crippen molar-refractivity contribution in [2.24, 2.45) is 0 Å². The molecule has 0 unspecified atom stereocenters. The number of methoxy groups -OCH3 is 1. The van der Waals surface area contributed by atoms with E-state index in [0.717, 1.165) is 29.1 Å². The summed E-state index contributed by atoms with van der Waals surface area (Å²) in [6.07, 6.45) is 0.756. The minimum Gasteiger partial charge on any atom is -0.497 e. The molecule has 0 saturated carbocycles. The highest BCUT2D eigenvalue weighted by atomic mass is 35.5. The second-order valence-electron chi connectivity index (χ2n) is 4.32. The average molecular weight is 289 g/mol. The molecule has 6 heteroatoms. The van der Waals surface area contributed by atoms with E-state index in [1.54, 1.807) is 11.6 Å². The second-order valence-corrected chi connectivity index (χ2v) is 4.68. The fraction of sp³-hybridized carbons (Fsp3) is 0.214. The predicted molar refractivity (Wildman–Crippen MR) is 77.2 cm³/mol. The molecular formula is C14H13ClN4O. The molecule has 0 bridgehead atoms. The minimum absolute atomic E-state index is 0.428. The molecule has 0 fully saturated rings. The van der Waals surface area contributed by atoms with Gasteiger partial charge in [-0.1, -0.05) is 30.7 Å². The smallest absolute Gasteiger partial charge is 0.178 e. The van der Waals surface area contributed by atoms with Crippen molar-refractivity contribution in [3.8, 4) is 16.9 Å². The normalized spacial score (nSPS) is 10.9. The molecule has 0 atom stereocenters. The number of aryl methyl sites for hydroxylation is 1. The summed E-state index contributed by atoms with van der Waals surface area (Å²) in [5.41, 5.74) is 2.49. The van der Waals surface area contributed by atoms with Gasteiger partial charge in [0.15, 0.2) is 16.6 Å². The number of fused-ring (bicyclic) bond motifs is 1. The third-order valence-electron chi connectivity index (χ3n) is 3.13. The zero-order valence-electron chi connectivity index (χ0n) is 11.2. The molecule has 2 heterocycles. The highest BCUT2D eigenvalue weighted by Gasteiger charge is 2.11. The molecule has 0 radical (unpaired) electrons. The van der Waals surface area contributed by atoms with Crippen LogP contribution in [-0.4, -0.2) is 26.9 Å².